The van der Waals surface area contributed by atoms with Crippen LogP contribution in [0, 0.1) is 0 Å². The third-order valence-electron chi connectivity index (χ3n) is 2.00. The topological polar surface area (TPSA) is 43.4 Å². The first kappa shape index (κ1) is 10.7. The molecule has 1 rings (SSSR count). The molecule has 0 amide bonds. The second-order valence-electron chi connectivity index (χ2n) is 3.05. The third kappa shape index (κ3) is 3.17. The monoisotopic (exact) mass is 194 g/mol. The predicted octanol–water partition coefficient (Wildman–Crippen LogP) is 1.79. The lowest BCUT2D eigenvalue weighted by Gasteiger charge is -1.95. The van der Waals surface area contributed by atoms with Crippen molar-refractivity contribution in [2.24, 2.45) is 0 Å². The molecule has 0 bridgehead atoms. The van der Waals surface area contributed by atoms with Crippen molar-refractivity contribution in [2.45, 2.75) is 26.2 Å². The molecule has 1 aliphatic rings. The molecule has 0 spiro atoms. The van der Waals surface area contributed by atoms with E-state index in [1.54, 1.807) is 13.0 Å². The van der Waals surface area contributed by atoms with Gasteiger partial charge in [0.1, 0.15) is 0 Å². The minimum Gasteiger partial charge on any atom is -0.463 e. The van der Waals surface area contributed by atoms with Gasteiger partial charge in [0.15, 0.2) is 5.78 Å². The fourth-order valence-electron chi connectivity index (χ4n) is 1.32. The highest BCUT2D eigenvalue weighted by Crippen LogP contribution is 2.17. The fourth-order valence-corrected chi connectivity index (χ4v) is 1.32. The van der Waals surface area contributed by atoms with Gasteiger partial charge in [-0.25, -0.2) is 4.79 Å². The fraction of sp³-hybridized carbons (Fsp3) is 0.455. The summed E-state index contributed by atoms with van der Waals surface area (Å²) >= 11 is 0. The van der Waals surface area contributed by atoms with E-state index in [0.717, 1.165) is 12.0 Å². The van der Waals surface area contributed by atoms with E-state index < -0.39 is 0 Å². The summed E-state index contributed by atoms with van der Waals surface area (Å²) < 4.78 is 4.70. The van der Waals surface area contributed by atoms with Crippen molar-refractivity contribution in [1.82, 2.24) is 0 Å². The van der Waals surface area contributed by atoms with Crippen LogP contribution in [-0.2, 0) is 14.3 Å². The van der Waals surface area contributed by atoms with Crippen LogP contribution in [0.25, 0.3) is 0 Å². The number of hydrogen-bond donors (Lipinski definition) is 0. The van der Waals surface area contributed by atoms with E-state index in [1.807, 2.05) is 6.08 Å². The normalized spacial score (nSPS) is 16.1. The maximum Gasteiger partial charge on any atom is 0.330 e. The average molecular weight is 194 g/mol. The van der Waals surface area contributed by atoms with Crippen molar-refractivity contribution in [2.75, 3.05) is 6.61 Å². The maximum atomic E-state index is 11.2. The molecule has 0 fully saturated rings. The summed E-state index contributed by atoms with van der Waals surface area (Å²) in [5.74, 6) is -0.156. The van der Waals surface area contributed by atoms with E-state index in [1.165, 1.54) is 6.08 Å². The molecule has 3 nitrogen and oxygen atoms in total. The van der Waals surface area contributed by atoms with E-state index in [0.29, 0.717) is 19.4 Å². The van der Waals surface area contributed by atoms with Crippen LogP contribution < -0.4 is 0 Å². The molecular weight excluding hydrogens is 180 g/mol. The quantitative estimate of drug-likeness (QED) is 0.506. The van der Waals surface area contributed by atoms with Crippen molar-refractivity contribution >= 4 is 11.8 Å². The Hall–Kier alpha value is -1.38. The van der Waals surface area contributed by atoms with Crippen molar-refractivity contribution in [1.29, 1.82) is 0 Å². The molecule has 0 saturated heterocycles. The van der Waals surface area contributed by atoms with Crippen LogP contribution in [0.2, 0.25) is 0 Å². The Morgan fingerprint density at radius 1 is 1.64 bits per heavy atom. The van der Waals surface area contributed by atoms with Crippen LogP contribution in [0.5, 0.6) is 0 Å². The van der Waals surface area contributed by atoms with Crippen molar-refractivity contribution in [3.8, 4) is 0 Å². The smallest absolute Gasteiger partial charge is 0.330 e. The Bertz CT molecular complexity index is 287. The zero-order valence-corrected chi connectivity index (χ0v) is 8.29. The van der Waals surface area contributed by atoms with Gasteiger partial charge in [-0.3, -0.25) is 4.79 Å². The van der Waals surface area contributed by atoms with Gasteiger partial charge in [-0.15, -0.1) is 0 Å². The van der Waals surface area contributed by atoms with E-state index in [4.69, 9.17) is 4.74 Å². The Labute approximate surface area is 83.4 Å². The van der Waals surface area contributed by atoms with E-state index in [-0.39, 0.29) is 11.8 Å². The lowest BCUT2D eigenvalue weighted by molar-refractivity contribution is -0.137. The molecule has 0 radical (unpaired) electrons. The van der Waals surface area contributed by atoms with Crippen molar-refractivity contribution < 1.29 is 14.3 Å². The molecule has 3 heteroatoms. The lowest BCUT2D eigenvalue weighted by atomic mass is 10.1. The molecule has 0 aliphatic heterocycles. The highest BCUT2D eigenvalue weighted by atomic mass is 16.5. The molecule has 0 aromatic carbocycles. The van der Waals surface area contributed by atoms with Gasteiger partial charge < -0.3 is 4.74 Å². The van der Waals surface area contributed by atoms with Crippen LogP contribution in [-0.4, -0.2) is 18.4 Å². The van der Waals surface area contributed by atoms with Crippen LogP contribution in [0.1, 0.15) is 26.2 Å². The Morgan fingerprint density at radius 3 is 3.00 bits per heavy atom. The summed E-state index contributed by atoms with van der Waals surface area (Å²) in [6, 6.07) is 0. The first-order valence-corrected chi connectivity index (χ1v) is 4.79. The molecule has 0 saturated carbocycles. The summed E-state index contributed by atoms with van der Waals surface area (Å²) in [5, 5.41) is 0. The summed E-state index contributed by atoms with van der Waals surface area (Å²) in [4.78, 5) is 22.0. The largest absolute Gasteiger partial charge is 0.463 e. The Balaban J connectivity index is 2.33. The standard InChI is InChI=1S/C11H14O3/c1-2-14-11(13)8-4-6-9-5-3-7-10(9)12/h4-5,8H,2-3,6-7H2,1H3. The summed E-state index contributed by atoms with van der Waals surface area (Å²) in [6.45, 7) is 2.14. The SMILES string of the molecule is CCOC(=O)C=CCC1=CCCC1=O. The average Bonchev–Trinajstić information content (AvgIpc) is 2.52. The molecule has 0 aromatic rings. The van der Waals surface area contributed by atoms with Gasteiger partial charge in [0.25, 0.3) is 0 Å². The van der Waals surface area contributed by atoms with Crippen LogP contribution in [0.4, 0.5) is 0 Å². The second kappa shape index (κ2) is 5.37. The Morgan fingerprint density at radius 2 is 2.43 bits per heavy atom. The zero-order valence-electron chi connectivity index (χ0n) is 8.29. The van der Waals surface area contributed by atoms with Crippen LogP contribution in [0.3, 0.4) is 0 Å². The molecule has 14 heavy (non-hydrogen) atoms. The number of ether oxygens (including phenoxy) is 1. The molecule has 0 heterocycles. The Kier molecular flexibility index (Phi) is 4.11. The first-order valence-electron chi connectivity index (χ1n) is 4.79. The van der Waals surface area contributed by atoms with Gasteiger partial charge in [-0.2, -0.15) is 0 Å². The number of esters is 1. The molecule has 0 N–H and O–H groups in total. The van der Waals surface area contributed by atoms with Crippen molar-refractivity contribution in [3.63, 3.8) is 0 Å². The van der Waals surface area contributed by atoms with E-state index in [9.17, 15) is 9.59 Å². The minimum atomic E-state index is -0.349. The lowest BCUT2D eigenvalue weighted by Crippen LogP contribution is -1.99. The van der Waals surface area contributed by atoms with Gasteiger partial charge in [-0.1, -0.05) is 12.2 Å². The highest BCUT2D eigenvalue weighted by Gasteiger charge is 2.12. The van der Waals surface area contributed by atoms with Crippen LogP contribution >= 0.6 is 0 Å². The van der Waals surface area contributed by atoms with Gasteiger partial charge in [-0.05, 0) is 25.3 Å². The molecule has 76 valence electrons. The van der Waals surface area contributed by atoms with Gasteiger partial charge >= 0.3 is 5.97 Å². The number of Topliss-reactive ketones (excluding diaryl/α,β-unsaturated/α-hetero) is 1. The second-order valence-corrected chi connectivity index (χ2v) is 3.05. The maximum absolute atomic E-state index is 11.2. The summed E-state index contributed by atoms with van der Waals surface area (Å²) in [7, 11) is 0. The van der Waals surface area contributed by atoms with E-state index in [2.05, 4.69) is 0 Å². The summed E-state index contributed by atoms with van der Waals surface area (Å²) in [5.41, 5.74) is 0.811. The highest BCUT2D eigenvalue weighted by molar-refractivity contribution is 5.97. The molecule has 1 aliphatic carbocycles. The van der Waals surface area contributed by atoms with Crippen LogP contribution in [0.15, 0.2) is 23.8 Å². The zero-order chi connectivity index (χ0) is 10.4. The van der Waals surface area contributed by atoms with Crippen molar-refractivity contribution in [3.05, 3.63) is 23.8 Å². The number of rotatable bonds is 4. The first-order chi connectivity index (χ1) is 6.74. The van der Waals surface area contributed by atoms with Gasteiger partial charge in [0.05, 0.1) is 6.61 Å². The van der Waals surface area contributed by atoms with Gasteiger partial charge in [0, 0.05) is 12.5 Å². The number of hydrogen-bond acceptors (Lipinski definition) is 3. The molecule has 0 atom stereocenters. The molecule has 0 aromatic heterocycles. The number of ketones is 1. The minimum absolute atomic E-state index is 0.193. The number of carbonyl (C=O) groups is 2. The third-order valence-corrected chi connectivity index (χ3v) is 2.00. The summed E-state index contributed by atoms with van der Waals surface area (Å²) in [6.07, 6.45) is 6.96. The number of carbonyl (C=O) groups excluding carboxylic acids is 2. The predicted molar refractivity (Wildman–Crippen MR) is 52.7 cm³/mol. The van der Waals surface area contributed by atoms with E-state index >= 15 is 0 Å². The van der Waals surface area contributed by atoms with Gasteiger partial charge in [0.2, 0.25) is 0 Å². The molecular formula is C11H14O3. The number of allylic oxidation sites excluding steroid dienone is 3. The molecule has 0 unspecified atom stereocenters.